The van der Waals surface area contributed by atoms with Crippen LogP contribution in [0.25, 0.3) is 32.9 Å². The molecule has 9 nitrogen and oxygen atoms in total. The van der Waals surface area contributed by atoms with Crippen LogP contribution in [0.2, 0.25) is 0 Å². The summed E-state index contributed by atoms with van der Waals surface area (Å²) in [5, 5.41) is 22.1. The fraction of sp³-hybridized carbons (Fsp3) is 0.136. The molecule has 10 heteroatoms. The van der Waals surface area contributed by atoms with Crippen molar-refractivity contribution in [2.45, 2.75) is 20.0 Å². The van der Waals surface area contributed by atoms with Crippen LogP contribution < -0.4 is 5.56 Å². The summed E-state index contributed by atoms with van der Waals surface area (Å²) >= 11 is 0. The van der Waals surface area contributed by atoms with E-state index in [9.17, 15) is 19.1 Å². The minimum absolute atomic E-state index is 0.0673. The summed E-state index contributed by atoms with van der Waals surface area (Å²) in [5.41, 5.74) is 1.90. The highest BCUT2D eigenvalue weighted by molar-refractivity contribution is 6.05. The molecule has 0 aliphatic heterocycles. The van der Waals surface area contributed by atoms with E-state index in [1.54, 1.807) is 41.8 Å². The largest absolute Gasteiger partial charge is 0.480 e. The van der Waals surface area contributed by atoms with Crippen molar-refractivity contribution in [1.29, 1.82) is 0 Å². The fourth-order valence-electron chi connectivity index (χ4n) is 4.07. The number of fused-ring (bicyclic) bond motifs is 2. The van der Waals surface area contributed by atoms with E-state index in [0.29, 0.717) is 44.5 Å². The summed E-state index contributed by atoms with van der Waals surface area (Å²) in [7, 11) is 0. The number of aromatic nitrogens is 6. The van der Waals surface area contributed by atoms with Crippen LogP contribution in [0.1, 0.15) is 11.5 Å². The first-order valence-corrected chi connectivity index (χ1v) is 9.78. The smallest absolute Gasteiger partial charge is 0.323 e. The third-order valence-electron chi connectivity index (χ3n) is 5.45. The average molecular weight is 432 g/mol. The molecule has 0 aliphatic carbocycles. The van der Waals surface area contributed by atoms with Crippen molar-refractivity contribution >= 4 is 27.6 Å². The fourth-order valence-corrected chi connectivity index (χ4v) is 4.07. The lowest BCUT2D eigenvalue weighted by molar-refractivity contribution is -0.137. The zero-order chi connectivity index (χ0) is 22.4. The number of aromatic amines is 1. The van der Waals surface area contributed by atoms with Crippen LogP contribution in [0.5, 0.6) is 0 Å². The summed E-state index contributed by atoms with van der Waals surface area (Å²) in [4.78, 5) is 28.6. The van der Waals surface area contributed by atoms with Gasteiger partial charge in [0.25, 0.3) is 5.56 Å². The minimum Gasteiger partial charge on any atom is -0.480 e. The number of aliphatic carboxylic acids is 1. The number of rotatable bonds is 5. The molecule has 3 heterocycles. The number of carboxylic acids is 1. The predicted octanol–water partition coefficient (Wildman–Crippen LogP) is 2.72. The lowest BCUT2D eigenvalue weighted by Gasteiger charge is -2.11. The van der Waals surface area contributed by atoms with Gasteiger partial charge in [-0.05, 0) is 31.2 Å². The Morgan fingerprint density at radius 1 is 1.16 bits per heavy atom. The van der Waals surface area contributed by atoms with E-state index in [0.717, 1.165) is 0 Å². The van der Waals surface area contributed by atoms with Crippen molar-refractivity contribution in [3.05, 3.63) is 76.5 Å². The van der Waals surface area contributed by atoms with Gasteiger partial charge in [-0.15, -0.1) is 0 Å². The molecule has 0 atom stereocenters. The minimum atomic E-state index is -1.02. The second-order valence-corrected chi connectivity index (χ2v) is 7.39. The maximum absolute atomic E-state index is 14.2. The number of carbonyl (C=O) groups is 1. The molecule has 160 valence electrons. The van der Waals surface area contributed by atoms with E-state index in [4.69, 9.17) is 0 Å². The summed E-state index contributed by atoms with van der Waals surface area (Å²) in [6, 6.07) is 11.2. The third-order valence-corrected chi connectivity index (χ3v) is 5.45. The van der Waals surface area contributed by atoms with E-state index < -0.39 is 11.8 Å². The molecule has 0 saturated carbocycles. The summed E-state index contributed by atoms with van der Waals surface area (Å²) in [6.07, 6.45) is 1.34. The van der Waals surface area contributed by atoms with Gasteiger partial charge < -0.3 is 9.67 Å². The molecule has 32 heavy (non-hydrogen) atoms. The van der Waals surface area contributed by atoms with Crippen LogP contribution >= 0.6 is 0 Å². The van der Waals surface area contributed by atoms with E-state index in [2.05, 4.69) is 20.3 Å². The topological polar surface area (TPSA) is 119 Å². The molecular weight excluding hydrogens is 415 g/mol. The third kappa shape index (κ3) is 3.13. The second-order valence-electron chi connectivity index (χ2n) is 7.39. The zero-order valence-corrected chi connectivity index (χ0v) is 16.9. The van der Waals surface area contributed by atoms with Gasteiger partial charge in [0.05, 0.1) is 5.39 Å². The molecule has 5 rings (SSSR count). The molecule has 0 bridgehead atoms. The van der Waals surface area contributed by atoms with Gasteiger partial charge in [-0.2, -0.15) is 10.2 Å². The number of benzene rings is 2. The normalized spacial score (nSPS) is 11.4. The van der Waals surface area contributed by atoms with Crippen LogP contribution in [0.3, 0.4) is 0 Å². The molecule has 0 unspecified atom stereocenters. The quantitative estimate of drug-likeness (QED) is 0.441. The molecule has 2 N–H and O–H groups in total. The predicted molar refractivity (Wildman–Crippen MR) is 115 cm³/mol. The molecule has 0 fully saturated rings. The van der Waals surface area contributed by atoms with E-state index in [-0.39, 0.29) is 18.6 Å². The molecule has 5 aromatic rings. The van der Waals surface area contributed by atoms with Crippen LogP contribution in [0.15, 0.2) is 53.6 Å². The SMILES string of the molecule is Cc1c(-c2nn(Cc3ncn[nH]3)c(=O)c3ccccc23)c2cc(F)ccc2n1CC(=O)O. The highest BCUT2D eigenvalue weighted by Gasteiger charge is 2.22. The van der Waals surface area contributed by atoms with Gasteiger partial charge in [0.2, 0.25) is 0 Å². The highest BCUT2D eigenvalue weighted by atomic mass is 19.1. The van der Waals surface area contributed by atoms with Gasteiger partial charge in [-0.25, -0.2) is 14.1 Å². The summed E-state index contributed by atoms with van der Waals surface area (Å²) < 4.78 is 17.1. The van der Waals surface area contributed by atoms with Crippen molar-refractivity contribution < 1.29 is 14.3 Å². The molecule has 0 amide bonds. The number of hydrogen-bond donors (Lipinski definition) is 2. The maximum Gasteiger partial charge on any atom is 0.323 e. The first kappa shape index (κ1) is 19.6. The van der Waals surface area contributed by atoms with E-state index in [1.165, 1.54) is 23.1 Å². The lowest BCUT2D eigenvalue weighted by Crippen LogP contribution is -2.25. The van der Waals surface area contributed by atoms with Crippen LogP contribution in [-0.2, 0) is 17.9 Å². The van der Waals surface area contributed by atoms with Gasteiger partial charge in [-0.3, -0.25) is 14.7 Å². The number of halogens is 1. The van der Waals surface area contributed by atoms with Crippen molar-refractivity contribution in [3.8, 4) is 11.3 Å². The molecule has 0 saturated heterocycles. The Hall–Kier alpha value is -4.34. The van der Waals surface area contributed by atoms with E-state index >= 15 is 0 Å². The number of hydrogen-bond acceptors (Lipinski definition) is 5. The summed E-state index contributed by atoms with van der Waals surface area (Å²) in [6.45, 7) is 1.54. The molecule has 0 spiro atoms. The van der Waals surface area contributed by atoms with Crippen LogP contribution in [-0.4, -0.2) is 40.6 Å². The van der Waals surface area contributed by atoms with Gasteiger partial charge in [-0.1, -0.05) is 18.2 Å². The Kier molecular flexibility index (Phi) is 4.54. The Morgan fingerprint density at radius 2 is 1.94 bits per heavy atom. The second kappa shape index (κ2) is 7.41. The molecule has 3 aromatic heterocycles. The van der Waals surface area contributed by atoms with Crippen LogP contribution in [0.4, 0.5) is 4.39 Å². The zero-order valence-electron chi connectivity index (χ0n) is 16.9. The van der Waals surface area contributed by atoms with E-state index in [1.807, 2.05) is 0 Å². The first-order chi connectivity index (χ1) is 15.4. The first-order valence-electron chi connectivity index (χ1n) is 9.78. The van der Waals surface area contributed by atoms with Gasteiger partial charge in [0, 0.05) is 27.5 Å². The standard InChI is InChI=1S/C22H17FN6O3/c1-12-20(16-8-13(23)6-7-17(16)28(12)10-19(30)31)21-14-4-2-3-5-15(14)22(32)29(27-21)9-18-24-11-25-26-18/h2-8,11H,9-10H2,1H3,(H,30,31)(H,24,25,26). The molecule has 0 aliphatic rings. The number of nitrogens with one attached hydrogen (secondary N) is 1. The maximum atomic E-state index is 14.2. The highest BCUT2D eigenvalue weighted by Crippen LogP contribution is 2.36. The molecular formula is C22H17FN6O3. The van der Waals surface area contributed by atoms with Crippen molar-refractivity contribution in [2.75, 3.05) is 0 Å². The number of H-pyrrole nitrogens is 1. The molecule has 2 aromatic carbocycles. The van der Waals surface area contributed by atoms with Gasteiger partial charge in [0.15, 0.2) is 0 Å². The van der Waals surface area contributed by atoms with Gasteiger partial charge in [0.1, 0.15) is 36.8 Å². The Balaban J connectivity index is 1.86. The average Bonchev–Trinajstić information content (AvgIpc) is 3.37. The van der Waals surface area contributed by atoms with Crippen molar-refractivity contribution in [1.82, 2.24) is 29.5 Å². The Bertz CT molecular complexity index is 1550. The monoisotopic (exact) mass is 432 g/mol. The number of carboxylic acid groups (broad SMARTS) is 1. The lowest BCUT2D eigenvalue weighted by atomic mass is 10.0. The van der Waals surface area contributed by atoms with Crippen molar-refractivity contribution in [3.63, 3.8) is 0 Å². The summed E-state index contributed by atoms with van der Waals surface area (Å²) in [5.74, 6) is -1.02. The molecule has 0 radical (unpaired) electrons. The Labute approximate surface area is 179 Å². The Morgan fingerprint density at radius 3 is 2.66 bits per heavy atom. The van der Waals surface area contributed by atoms with Gasteiger partial charge >= 0.3 is 5.97 Å². The van der Waals surface area contributed by atoms with Crippen molar-refractivity contribution in [2.24, 2.45) is 0 Å². The number of nitrogens with zero attached hydrogens (tertiary/aromatic N) is 5. The van der Waals surface area contributed by atoms with Crippen LogP contribution in [0, 0.1) is 12.7 Å².